The minimum Gasteiger partial charge on any atom is -0.477 e. The maximum atomic E-state index is 12.5. The first kappa shape index (κ1) is 14.5. The van der Waals surface area contributed by atoms with Crippen molar-refractivity contribution in [1.82, 2.24) is 14.9 Å². The van der Waals surface area contributed by atoms with E-state index in [1.165, 1.54) is 0 Å². The highest BCUT2D eigenvalue weighted by molar-refractivity contribution is 6.26. The number of rotatable bonds is 3. The van der Waals surface area contributed by atoms with Crippen molar-refractivity contribution < 1.29 is 19.4 Å². The molecule has 4 heterocycles. The number of aromatic nitrogens is 2. The summed E-state index contributed by atoms with van der Waals surface area (Å²) in [6.45, 7) is 1.40. The Bertz CT molecular complexity index is 903. The number of pyridine rings is 1. The van der Waals surface area contributed by atoms with Crippen molar-refractivity contribution in [3.63, 3.8) is 0 Å². The lowest BCUT2D eigenvalue weighted by Gasteiger charge is -2.17. The smallest absolute Gasteiger partial charge is 0.345 e. The SMILES string of the molecule is O=C(O)C1=C(N2CCCC2)OC(=Cc2c[nH]c3ncccc23)C1=O. The second kappa shape index (κ2) is 5.52. The van der Waals surface area contributed by atoms with Crippen LogP contribution in [0, 0.1) is 0 Å². The molecule has 0 spiro atoms. The van der Waals surface area contributed by atoms with Crippen LogP contribution in [0.4, 0.5) is 0 Å². The van der Waals surface area contributed by atoms with E-state index in [0.29, 0.717) is 18.7 Å². The van der Waals surface area contributed by atoms with Crippen molar-refractivity contribution in [3.8, 4) is 0 Å². The maximum absolute atomic E-state index is 12.5. The molecule has 2 N–H and O–H groups in total. The van der Waals surface area contributed by atoms with Crippen molar-refractivity contribution in [2.24, 2.45) is 0 Å². The Morgan fingerprint density at radius 2 is 2.17 bits per heavy atom. The summed E-state index contributed by atoms with van der Waals surface area (Å²) in [7, 11) is 0. The van der Waals surface area contributed by atoms with Gasteiger partial charge in [0.1, 0.15) is 5.65 Å². The Morgan fingerprint density at radius 3 is 2.92 bits per heavy atom. The molecule has 1 saturated heterocycles. The van der Waals surface area contributed by atoms with Gasteiger partial charge in [-0.05, 0) is 31.1 Å². The molecule has 0 aliphatic carbocycles. The molecule has 0 aromatic carbocycles. The van der Waals surface area contributed by atoms with Crippen LogP contribution in [0.2, 0.25) is 0 Å². The Morgan fingerprint density at radius 1 is 1.38 bits per heavy atom. The van der Waals surface area contributed by atoms with Gasteiger partial charge in [-0.3, -0.25) is 4.79 Å². The summed E-state index contributed by atoms with van der Waals surface area (Å²) < 4.78 is 5.66. The minimum atomic E-state index is -1.26. The van der Waals surface area contributed by atoms with Crippen LogP contribution in [0.1, 0.15) is 18.4 Å². The Hall–Kier alpha value is -3.09. The number of likely N-dealkylation sites (tertiary alicyclic amines) is 1. The zero-order chi connectivity index (χ0) is 16.7. The number of ether oxygens (including phenoxy) is 1. The molecule has 2 aromatic heterocycles. The van der Waals surface area contributed by atoms with E-state index < -0.39 is 11.8 Å². The quantitative estimate of drug-likeness (QED) is 0.661. The van der Waals surface area contributed by atoms with Gasteiger partial charge in [0.15, 0.2) is 11.3 Å². The first-order valence-corrected chi connectivity index (χ1v) is 7.74. The van der Waals surface area contributed by atoms with Gasteiger partial charge in [0.05, 0.1) is 0 Å². The highest BCUT2D eigenvalue weighted by Gasteiger charge is 2.39. The van der Waals surface area contributed by atoms with E-state index >= 15 is 0 Å². The fourth-order valence-electron chi connectivity index (χ4n) is 3.09. The number of hydrogen-bond donors (Lipinski definition) is 2. The zero-order valence-corrected chi connectivity index (χ0v) is 12.8. The lowest BCUT2D eigenvalue weighted by molar-refractivity contribution is -0.134. The molecule has 4 rings (SSSR count). The third kappa shape index (κ3) is 2.25. The van der Waals surface area contributed by atoms with Gasteiger partial charge in [-0.25, -0.2) is 9.78 Å². The number of aliphatic carboxylic acids is 1. The summed E-state index contributed by atoms with van der Waals surface area (Å²) in [4.78, 5) is 33.0. The van der Waals surface area contributed by atoms with Crippen molar-refractivity contribution in [3.05, 3.63) is 47.3 Å². The fourth-order valence-corrected chi connectivity index (χ4v) is 3.09. The number of allylic oxidation sites excluding steroid dienone is 1. The van der Waals surface area contributed by atoms with E-state index in [2.05, 4.69) is 9.97 Å². The van der Waals surface area contributed by atoms with Gasteiger partial charge < -0.3 is 19.7 Å². The molecule has 0 amide bonds. The first-order valence-electron chi connectivity index (χ1n) is 7.74. The van der Waals surface area contributed by atoms with E-state index in [9.17, 15) is 14.7 Å². The van der Waals surface area contributed by atoms with E-state index in [1.807, 2.05) is 11.0 Å². The molecule has 0 unspecified atom stereocenters. The second-order valence-corrected chi connectivity index (χ2v) is 5.76. The van der Waals surface area contributed by atoms with E-state index in [0.717, 1.165) is 23.8 Å². The average Bonchev–Trinajstić information content (AvgIpc) is 3.28. The molecule has 0 bridgehead atoms. The second-order valence-electron chi connectivity index (χ2n) is 5.76. The molecule has 24 heavy (non-hydrogen) atoms. The Kier molecular flexibility index (Phi) is 3.34. The summed E-state index contributed by atoms with van der Waals surface area (Å²) in [6.07, 6.45) is 6.87. The van der Waals surface area contributed by atoms with Crippen LogP contribution in [-0.2, 0) is 14.3 Å². The minimum absolute atomic E-state index is 0.0269. The number of hydrogen-bond acceptors (Lipinski definition) is 5. The van der Waals surface area contributed by atoms with Gasteiger partial charge in [0.25, 0.3) is 0 Å². The highest BCUT2D eigenvalue weighted by atomic mass is 16.5. The number of carbonyl (C=O) groups excluding carboxylic acids is 1. The fraction of sp³-hybridized carbons (Fsp3) is 0.235. The van der Waals surface area contributed by atoms with Crippen LogP contribution in [0.15, 0.2) is 41.7 Å². The molecule has 2 aliphatic rings. The number of aromatic amines is 1. The number of nitrogens with zero attached hydrogens (tertiary/aromatic N) is 2. The molecule has 122 valence electrons. The summed E-state index contributed by atoms with van der Waals surface area (Å²) >= 11 is 0. The molecule has 1 fully saturated rings. The molecule has 0 saturated carbocycles. The predicted molar refractivity (Wildman–Crippen MR) is 85.6 cm³/mol. The molecule has 7 nitrogen and oxygen atoms in total. The Labute approximate surface area is 137 Å². The van der Waals surface area contributed by atoms with Crippen LogP contribution in [0.5, 0.6) is 0 Å². The third-order valence-electron chi connectivity index (χ3n) is 4.25. The average molecular weight is 325 g/mol. The van der Waals surface area contributed by atoms with Crippen LogP contribution >= 0.6 is 0 Å². The van der Waals surface area contributed by atoms with Crippen molar-refractivity contribution in [1.29, 1.82) is 0 Å². The molecule has 7 heteroatoms. The van der Waals surface area contributed by atoms with Crippen molar-refractivity contribution in [2.75, 3.05) is 13.1 Å². The summed E-state index contributed by atoms with van der Waals surface area (Å²) in [5.74, 6) is -1.66. The lowest BCUT2D eigenvalue weighted by atomic mass is 10.1. The number of fused-ring (bicyclic) bond motifs is 1. The number of Topliss-reactive ketones (excluding diaryl/α,β-unsaturated/α-hetero) is 1. The van der Waals surface area contributed by atoms with Gasteiger partial charge in [-0.2, -0.15) is 0 Å². The van der Waals surface area contributed by atoms with Crippen LogP contribution < -0.4 is 0 Å². The van der Waals surface area contributed by atoms with Crippen LogP contribution in [-0.4, -0.2) is 44.8 Å². The summed E-state index contributed by atoms with van der Waals surface area (Å²) in [5.41, 5.74) is 1.14. The molecule has 0 atom stereocenters. The lowest BCUT2D eigenvalue weighted by Crippen LogP contribution is -2.21. The van der Waals surface area contributed by atoms with E-state index in [1.54, 1.807) is 24.5 Å². The molecular weight excluding hydrogens is 310 g/mol. The standard InChI is InChI=1S/C17H15N3O4/c21-14-12(8-10-9-19-15-11(10)4-3-5-18-15)24-16(13(14)17(22)23)20-6-1-2-7-20/h3-5,8-9H,1-2,6-7H2,(H,18,19)(H,22,23). The van der Waals surface area contributed by atoms with Crippen molar-refractivity contribution in [2.45, 2.75) is 12.8 Å². The number of H-pyrrole nitrogens is 1. The number of carbonyl (C=O) groups is 2. The molecule has 0 radical (unpaired) electrons. The van der Waals surface area contributed by atoms with E-state index in [-0.39, 0.29) is 17.2 Å². The molecule has 2 aromatic rings. The highest BCUT2D eigenvalue weighted by Crippen LogP contribution is 2.32. The molecule has 2 aliphatic heterocycles. The predicted octanol–water partition coefficient (Wildman–Crippen LogP) is 1.90. The first-order chi connectivity index (χ1) is 11.6. The number of carboxylic acid groups (broad SMARTS) is 1. The summed E-state index contributed by atoms with van der Waals surface area (Å²) in [5, 5.41) is 10.2. The Balaban J connectivity index is 1.73. The number of ketones is 1. The van der Waals surface area contributed by atoms with Gasteiger partial charge in [-0.15, -0.1) is 0 Å². The normalized spacial score (nSPS) is 19.6. The third-order valence-corrected chi connectivity index (χ3v) is 4.25. The van der Waals surface area contributed by atoms with Crippen LogP contribution in [0.3, 0.4) is 0 Å². The van der Waals surface area contributed by atoms with Gasteiger partial charge in [0.2, 0.25) is 11.7 Å². The van der Waals surface area contributed by atoms with Crippen molar-refractivity contribution >= 4 is 28.9 Å². The zero-order valence-electron chi connectivity index (χ0n) is 12.8. The van der Waals surface area contributed by atoms with Gasteiger partial charge in [-0.1, -0.05) is 0 Å². The number of carboxylic acids is 1. The monoisotopic (exact) mass is 325 g/mol. The number of nitrogens with one attached hydrogen (secondary N) is 1. The largest absolute Gasteiger partial charge is 0.477 e. The van der Waals surface area contributed by atoms with Gasteiger partial charge in [0, 0.05) is 36.4 Å². The van der Waals surface area contributed by atoms with Gasteiger partial charge >= 0.3 is 5.97 Å². The maximum Gasteiger partial charge on any atom is 0.345 e. The topological polar surface area (TPSA) is 95.5 Å². The summed E-state index contributed by atoms with van der Waals surface area (Å²) in [6, 6.07) is 3.67. The molecular formula is C17H15N3O4. The van der Waals surface area contributed by atoms with Crippen LogP contribution in [0.25, 0.3) is 17.1 Å². The van der Waals surface area contributed by atoms with E-state index in [4.69, 9.17) is 4.74 Å².